The molecule has 0 fully saturated rings. The zero-order valence-corrected chi connectivity index (χ0v) is 13.2. The molecule has 1 aliphatic carbocycles. The first kappa shape index (κ1) is 14.0. The Labute approximate surface area is 135 Å². The highest BCUT2D eigenvalue weighted by Gasteiger charge is 2.12. The van der Waals surface area contributed by atoms with Crippen molar-refractivity contribution < 1.29 is 0 Å². The Kier molecular flexibility index (Phi) is 3.65. The van der Waals surface area contributed by atoms with Crippen LogP contribution in [0.25, 0.3) is 17.2 Å². The normalized spacial score (nSPS) is 12.2. The van der Waals surface area contributed by atoms with Gasteiger partial charge in [0.2, 0.25) is 0 Å². The van der Waals surface area contributed by atoms with E-state index in [1.165, 1.54) is 17.5 Å². The molecule has 2 heterocycles. The number of nitrogens with zero attached hydrogens (tertiary/aromatic N) is 3. The molecule has 106 valence electrons. The van der Waals surface area contributed by atoms with Crippen LogP contribution in [0.4, 0.5) is 11.5 Å². The number of hydrogen-bond donors (Lipinski definition) is 2. The number of aromatic amines is 1. The van der Waals surface area contributed by atoms with Crippen molar-refractivity contribution in [2.75, 3.05) is 5.32 Å². The summed E-state index contributed by atoms with van der Waals surface area (Å²) in [7, 11) is 0. The van der Waals surface area contributed by atoms with Crippen LogP contribution in [0, 0.1) is 0 Å². The molecule has 4 rings (SSSR count). The Balaban J connectivity index is 0.00000132. The van der Waals surface area contributed by atoms with E-state index in [4.69, 9.17) is 0 Å². The molecule has 0 unspecified atom stereocenters. The molecule has 2 aromatic heterocycles. The third kappa shape index (κ3) is 2.41. The quantitative estimate of drug-likeness (QED) is 0.725. The highest BCUT2D eigenvalue weighted by Crippen LogP contribution is 2.32. The van der Waals surface area contributed by atoms with Crippen LogP contribution in [-0.4, -0.2) is 19.9 Å². The minimum atomic E-state index is 0. The third-order valence-electron chi connectivity index (χ3n) is 3.34. The second-order valence-electron chi connectivity index (χ2n) is 4.58. The molecular formula is C14H11BrClN5. The van der Waals surface area contributed by atoms with Crippen LogP contribution in [0.15, 0.2) is 35.3 Å². The van der Waals surface area contributed by atoms with E-state index < -0.39 is 0 Å². The minimum absolute atomic E-state index is 0. The molecule has 0 aliphatic heterocycles. The maximum Gasteiger partial charge on any atom is 0.182 e. The van der Waals surface area contributed by atoms with Gasteiger partial charge in [-0.25, -0.2) is 15.0 Å². The summed E-state index contributed by atoms with van der Waals surface area (Å²) in [5, 5.41) is 3.32. The van der Waals surface area contributed by atoms with Crippen LogP contribution in [0.1, 0.15) is 11.1 Å². The summed E-state index contributed by atoms with van der Waals surface area (Å²) in [4.78, 5) is 15.6. The Bertz CT molecular complexity index is 842. The summed E-state index contributed by atoms with van der Waals surface area (Å²) in [6.07, 6.45) is 8.40. The molecule has 0 radical (unpaired) electrons. The van der Waals surface area contributed by atoms with Gasteiger partial charge >= 0.3 is 0 Å². The number of aromatic nitrogens is 4. The monoisotopic (exact) mass is 363 g/mol. The van der Waals surface area contributed by atoms with Gasteiger partial charge in [0.05, 0.1) is 6.33 Å². The number of halogens is 2. The van der Waals surface area contributed by atoms with Crippen LogP contribution < -0.4 is 5.32 Å². The fraction of sp³-hybridized carbons (Fsp3) is 0.0714. The first-order valence-corrected chi connectivity index (χ1v) is 7.00. The van der Waals surface area contributed by atoms with Crippen LogP contribution in [0.5, 0.6) is 0 Å². The number of imidazole rings is 1. The fourth-order valence-corrected chi connectivity index (χ4v) is 3.03. The molecule has 1 aromatic carbocycles. The molecule has 21 heavy (non-hydrogen) atoms. The predicted octanol–water partition coefficient (Wildman–Crippen LogP) is 3.85. The Morgan fingerprint density at radius 1 is 1.19 bits per heavy atom. The van der Waals surface area contributed by atoms with Crippen LogP contribution >= 0.6 is 28.3 Å². The van der Waals surface area contributed by atoms with E-state index in [1.54, 1.807) is 6.33 Å². The Morgan fingerprint density at radius 2 is 2.10 bits per heavy atom. The van der Waals surface area contributed by atoms with E-state index >= 15 is 0 Å². The number of fused-ring (bicyclic) bond motifs is 2. The topological polar surface area (TPSA) is 66.5 Å². The van der Waals surface area contributed by atoms with Gasteiger partial charge in [-0.2, -0.15) is 0 Å². The summed E-state index contributed by atoms with van der Waals surface area (Å²) in [6, 6.07) is 4.18. The van der Waals surface area contributed by atoms with E-state index in [0.717, 1.165) is 27.9 Å². The van der Waals surface area contributed by atoms with Crippen LogP contribution in [-0.2, 0) is 6.42 Å². The lowest BCUT2D eigenvalue weighted by Gasteiger charge is -2.10. The lowest BCUT2D eigenvalue weighted by atomic mass is 10.1. The number of anilines is 2. The van der Waals surface area contributed by atoms with Crippen molar-refractivity contribution in [1.82, 2.24) is 19.9 Å². The van der Waals surface area contributed by atoms with E-state index in [-0.39, 0.29) is 12.4 Å². The second-order valence-corrected chi connectivity index (χ2v) is 5.44. The third-order valence-corrected chi connectivity index (χ3v) is 4.04. The SMILES string of the molecule is Brc1cc(Nc2ncnc3nc[nH]c23)cc2c1CC=C2.Cl. The van der Waals surface area contributed by atoms with Crippen molar-refractivity contribution in [3.05, 3.63) is 46.5 Å². The van der Waals surface area contributed by atoms with Gasteiger partial charge in [-0.05, 0) is 29.7 Å². The minimum Gasteiger partial charge on any atom is -0.340 e. The lowest BCUT2D eigenvalue weighted by molar-refractivity contribution is 1.20. The highest BCUT2D eigenvalue weighted by molar-refractivity contribution is 9.10. The molecule has 5 nitrogen and oxygen atoms in total. The van der Waals surface area contributed by atoms with Crippen molar-refractivity contribution in [2.24, 2.45) is 0 Å². The van der Waals surface area contributed by atoms with Gasteiger partial charge in [0.25, 0.3) is 0 Å². The number of benzene rings is 1. The van der Waals surface area contributed by atoms with Crippen molar-refractivity contribution >= 4 is 57.1 Å². The lowest BCUT2D eigenvalue weighted by Crippen LogP contribution is -1.97. The molecule has 7 heteroatoms. The highest BCUT2D eigenvalue weighted by atomic mass is 79.9. The van der Waals surface area contributed by atoms with Gasteiger partial charge in [0.15, 0.2) is 11.5 Å². The molecule has 0 atom stereocenters. The standard InChI is InChI=1S/C14H10BrN5.ClH/c15-11-5-9(4-8-2-1-3-10(8)11)20-14-12-13(17-6-16-12)18-7-19-14;/h1-2,4-7H,3H2,(H2,16,17,18,19,20);1H. The predicted molar refractivity (Wildman–Crippen MR) is 89.1 cm³/mol. The van der Waals surface area contributed by atoms with Crippen molar-refractivity contribution in [2.45, 2.75) is 6.42 Å². The molecule has 0 saturated heterocycles. The average Bonchev–Trinajstić information content (AvgIpc) is 3.06. The molecule has 0 saturated carbocycles. The summed E-state index contributed by atoms with van der Waals surface area (Å²) in [6.45, 7) is 0. The van der Waals surface area contributed by atoms with E-state index in [0.29, 0.717) is 5.65 Å². The molecule has 0 amide bonds. The average molecular weight is 365 g/mol. The van der Waals surface area contributed by atoms with Gasteiger partial charge in [0, 0.05) is 10.2 Å². The van der Waals surface area contributed by atoms with Gasteiger partial charge in [0.1, 0.15) is 11.8 Å². The Morgan fingerprint density at radius 3 is 3.00 bits per heavy atom. The molecule has 2 N–H and O–H groups in total. The maximum atomic E-state index is 4.27. The zero-order valence-electron chi connectivity index (χ0n) is 10.8. The summed E-state index contributed by atoms with van der Waals surface area (Å²) < 4.78 is 1.11. The van der Waals surface area contributed by atoms with Gasteiger partial charge < -0.3 is 10.3 Å². The molecule has 0 bridgehead atoms. The number of hydrogen-bond acceptors (Lipinski definition) is 4. The van der Waals surface area contributed by atoms with Crippen LogP contribution in [0.2, 0.25) is 0 Å². The first-order valence-electron chi connectivity index (χ1n) is 6.21. The number of nitrogens with one attached hydrogen (secondary N) is 2. The largest absolute Gasteiger partial charge is 0.340 e. The van der Waals surface area contributed by atoms with E-state index in [1.807, 2.05) is 0 Å². The number of H-pyrrole nitrogens is 1. The summed E-state index contributed by atoms with van der Waals surface area (Å²) in [5.74, 6) is 0.723. The van der Waals surface area contributed by atoms with Crippen molar-refractivity contribution in [1.29, 1.82) is 0 Å². The fourth-order valence-electron chi connectivity index (χ4n) is 2.39. The molecular weight excluding hydrogens is 354 g/mol. The van der Waals surface area contributed by atoms with Gasteiger partial charge in [-0.15, -0.1) is 12.4 Å². The van der Waals surface area contributed by atoms with Crippen LogP contribution in [0.3, 0.4) is 0 Å². The zero-order chi connectivity index (χ0) is 13.5. The number of rotatable bonds is 2. The summed E-state index contributed by atoms with van der Waals surface area (Å²) >= 11 is 3.62. The molecule has 0 spiro atoms. The van der Waals surface area contributed by atoms with E-state index in [9.17, 15) is 0 Å². The van der Waals surface area contributed by atoms with Gasteiger partial charge in [-0.1, -0.05) is 28.1 Å². The van der Waals surface area contributed by atoms with Gasteiger partial charge in [-0.3, -0.25) is 0 Å². The van der Waals surface area contributed by atoms with Crippen molar-refractivity contribution in [3.63, 3.8) is 0 Å². The molecule has 1 aliphatic rings. The Hall–Kier alpha value is -1.92. The summed E-state index contributed by atoms with van der Waals surface area (Å²) in [5.41, 5.74) is 5.00. The number of allylic oxidation sites excluding steroid dienone is 1. The van der Waals surface area contributed by atoms with Crippen molar-refractivity contribution in [3.8, 4) is 0 Å². The second kappa shape index (κ2) is 5.46. The molecule has 3 aromatic rings. The van der Waals surface area contributed by atoms with E-state index in [2.05, 4.69) is 65.5 Å². The smallest absolute Gasteiger partial charge is 0.182 e. The maximum absolute atomic E-state index is 4.27. The first-order chi connectivity index (χ1) is 9.81.